The molecule has 1 aromatic rings. The number of hydrogen-bond donors (Lipinski definition) is 1. The molecule has 0 bridgehead atoms. The summed E-state index contributed by atoms with van der Waals surface area (Å²) >= 11 is 6.03. The molecule has 0 amide bonds. The van der Waals surface area contributed by atoms with Crippen LogP contribution in [0.2, 0.25) is 0 Å². The Balaban J connectivity index is 1.90. The fourth-order valence-corrected chi connectivity index (χ4v) is 2.96. The molecular formula is C14H21ClN2. The van der Waals surface area contributed by atoms with Gasteiger partial charge in [-0.2, -0.15) is 0 Å². The van der Waals surface area contributed by atoms with Gasteiger partial charge in [-0.3, -0.25) is 4.98 Å². The second-order valence-electron chi connectivity index (χ2n) is 4.95. The van der Waals surface area contributed by atoms with Crippen LogP contribution < -0.4 is 5.32 Å². The second-order valence-corrected chi connectivity index (χ2v) is 5.26. The third-order valence-corrected chi connectivity index (χ3v) is 4.15. The number of aromatic nitrogens is 1. The summed E-state index contributed by atoms with van der Waals surface area (Å²) in [6.45, 7) is 2.98. The average Bonchev–Trinajstić information content (AvgIpc) is 2.38. The average molecular weight is 253 g/mol. The molecule has 1 aromatic heterocycles. The standard InChI is InChI=1S/C14H21ClN2/c1-11-5-4-8-16-14(11)10-17-13-7-3-2-6-12(13)9-15/h4-5,8,12-13,17H,2-3,6-7,9-10H2,1H3. The second kappa shape index (κ2) is 6.36. The number of halogens is 1. The van der Waals surface area contributed by atoms with Crippen molar-refractivity contribution < 1.29 is 0 Å². The monoisotopic (exact) mass is 252 g/mol. The minimum absolute atomic E-state index is 0.572. The van der Waals surface area contributed by atoms with Gasteiger partial charge in [-0.25, -0.2) is 0 Å². The number of nitrogens with zero attached hydrogens (tertiary/aromatic N) is 1. The van der Waals surface area contributed by atoms with Gasteiger partial charge in [-0.1, -0.05) is 18.9 Å². The molecule has 2 rings (SSSR count). The number of pyridine rings is 1. The highest BCUT2D eigenvalue weighted by molar-refractivity contribution is 6.18. The van der Waals surface area contributed by atoms with Gasteiger partial charge in [0.05, 0.1) is 5.69 Å². The van der Waals surface area contributed by atoms with Crippen molar-refractivity contribution in [2.45, 2.75) is 45.2 Å². The molecule has 94 valence electrons. The fraction of sp³-hybridized carbons (Fsp3) is 0.643. The molecule has 1 aliphatic rings. The molecule has 2 atom stereocenters. The molecule has 0 aliphatic heterocycles. The number of aryl methyl sites for hydroxylation is 1. The first-order valence-electron chi connectivity index (χ1n) is 6.51. The van der Waals surface area contributed by atoms with Crippen molar-refractivity contribution in [1.29, 1.82) is 0 Å². The van der Waals surface area contributed by atoms with Gasteiger partial charge in [0.2, 0.25) is 0 Å². The van der Waals surface area contributed by atoms with Gasteiger partial charge < -0.3 is 5.32 Å². The van der Waals surface area contributed by atoms with Crippen LogP contribution in [0.25, 0.3) is 0 Å². The van der Waals surface area contributed by atoms with Crippen LogP contribution in [0.1, 0.15) is 36.9 Å². The Morgan fingerprint density at radius 2 is 2.24 bits per heavy atom. The molecule has 1 saturated carbocycles. The number of hydrogen-bond acceptors (Lipinski definition) is 2. The van der Waals surface area contributed by atoms with Crippen molar-refractivity contribution in [3.63, 3.8) is 0 Å². The summed E-state index contributed by atoms with van der Waals surface area (Å²) in [4.78, 5) is 4.42. The molecule has 2 unspecified atom stereocenters. The fourth-order valence-electron chi connectivity index (χ4n) is 2.59. The number of alkyl halides is 1. The molecule has 1 fully saturated rings. The van der Waals surface area contributed by atoms with Crippen LogP contribution in [0, 0.1) is 12.8 Å². The molecule has 3 heteroatoms. The van der Waals surface area contributed by atoms with Gasteiger partial charge in [-0.15, -0.1) is 11.6 Å². The van der Waals surface area contributed by atoms with E-state index in [2.05, 4.69) is 23.3 Å². The molecule has 2 nitrogen and oxygen atoms in total. The van der Waals surface area contributed by atoms with E-state index in [1.54, 1.807) is 0 Å². The van der Waals surface area contributed by atoms with Crippen molar-refractivity contribution in [1.82, 2.24) is 10.3 Å². The van der Waals surface area contributed by atoms with Gasteiger partial charge >= 0.3 is 0 Å². The van der Waals surface area contributed by atoms with E-state index in [0.717, 1.165) is 18.1 Å². The molecule has 1 heterocycles. The molecular weight excluding hydrogens is 232 g/mol. The highest BCUT2D eigenvalue weighted by atomic mass is 35.5. The van der Waals surface area contributed by atoms with Crippen molar-refractivity contribution >= 4 is 11.6 Å². The summed E-state index contributed by atoms with van der Waals surface area (Å²) in [7, 11) is 0. The third-order valence-electron chi connectivity index (χ3n) is 3.76. The molecule has 17 heavy (non-hydrogen) atoms. The lowest BCUT2D eigenvalue weighted by molar-refractivity contribution is 0.281. The Kier molecular flexibility index (Phi) is 4.81. The van der Waals surface area contributed by atoms with E-state index >= 15 is 0 Å². The normalized spacial score (nSPS) is 24.8. The lowest BCUT2D eigenvalue weighted by atomic mass is 9.86. The zero-order valence-electron chi connectivity index (χ0n) is 10.5. The van der Waals surface area contributed by atoms with Crippen molar-refractivity contribution in [2.75, 3.05) is 5.88 Å². The Hall–Kier alpha value is -0.600. The van der Waals surface area contributed by atoms with Gasteiger partial charge in [0.15, 0.2) is 0 Å². The van der Waals surface area contributed by atoms with E-state index in [0.29, 0.717) is 12.0 Å². The smallest absolute Gasteiger partial charge is 0.0570 e. The lowest BCUT2D eigenvalue weighted by Gasteiger charge is -2.31. The molecule has 0 radical (unpaired) electrons. The first-order valence-corrected chi connectivity index (χ1v) is 7.04. The summed E-state index contributed by atoms with van der Waals surface area (Å²) in [6, 6.07) is 4.67. The van der Waals surface area contributed by atoms with Crippen LogP contribution >= 0.6 is 11.6 Å². The predicted molar refractivity (Wildman–Crippen MR) is 72.3 cm³/mol. The number of nitrogens with one attached hydrogen (secondary N) is 1. The van der Waals surface area contributed by atoms with Crippen LogP contribution in [0.5, 0.6) is 0 Å². The van der Waals surface area contributed by atoms with Crippen molar-refractivity contribution in [2.24, 2.45) is 5.92 Å². The highest BCUT2D eigenvalue weighted by Crippen LogP contribution is 2.25. The molecule has 1 N–H and O–H groups in total. The summed E-state index contributed by atoms with van der Waals surface area (Å²) < 4.78 is 0. The van der Waals surface area contributed by atoms with Crippen LogP contribution in [-0.4, -0.2) is 16.9 Å². The molecule has 0 spiro atoms. The van der Waals surface area contributed by atoms with Gasteiger partial charge in [0, 0.05) is 24.7 Å². The van der Waals surface area contributed by atoms with E-state index in [-0.39, 0.29) is 0 Å². The van der Waals surface area contributed by atoms with Crippen molar-refractivity contribution in [3.05, 3.63) is 29.6 Å². The van der Waals surface area contributed by atoms with E-state index in [1.807, 2.05) is 12.3 Å². The Morgan fingerprint density at radius 1 is 1.41 bits per heavy atom. The summed E-state index contributed by atoms with van der Waals surface area (Å²) in [5.74, 6) is 1.41. The molecule has 0 saturated heterocycles. The zero-order valence-corrected chi connectivity index (χ0v) is 11.2. The van der Waals surface area contributed by atoms with E-state index in [9.17, 15) is 0 Å². The van der Waals surface area contributed by atoms with Crippen LogP contribution in [0.4, 0.5) is 0 Å². The van der Waals surface area contributed by atoms with Gasteiger partial charge in [0.25, 0.3) is 0 Å². The van der Waals surface area contributed by atoms with E-state index in [4.69, 9.17) is 11.6 Å². The quantitative estimate of drug-likeness (QED) is 0.832. The summed E-state index contributed by atoms with van der Waals surface area (Å²) in [5, 5.41) is 3.63. The number of rotatable bonds is 4. The maximum absolute atomic E-state index is 6.03. The first kappa shape index (κ1) is 12.8. The van der Waals surface area contributed by atoms with Crippen LogP contribution in [0.3, 0.4) is 0 Å². The lowest BCUT2D eigenvalue weighted by Crippen LogP contribution is -2.39. The predicted octanol–water partition coefficient (Wildman–Crippen LogP) is 3.28. The SMILES string of the molecule is Cc1cccnc1CNC1CCCCC1CCl. The van der Waals surface area contributed by atoms with Gasteiger partial charge in [-0.05, 0) is 37.3 Å². The van der Waals surface area contributed by atoms with Crippen LogP contribution in [-0.2, 0) is 6.54 Å². The largest absolute Gasteiger partial charge is 0.308 e. The van der Waals surface area contributed by atoms with Crippen molar-refractivity contribution in [3.8, 4) is 0 Å². The minimum atomic E-state index is 0.572. The first-order chi connectivity index (χ1) is 8.31. The van der Waals surface area contributed by atoms with E-state index in [1.165, 1.54) is 31.2 Å². The van der Waals surface area contributed by atoms with Gasteiger partial charge in [0.1, 0.15) is 0 Å². The molecule has 1 aliphatic carbocycles. The zero-order chi connectivity index (χ0) is 12.1. The summed E-state index contributed by atoms with van der Waals surface area (Å²) in [6.07, 6.45) is 7.04. The van der Waals surface area contributed by atoms with Crippen LogP contribution in [0.15, 0.2) is 18.3 Å². The summed E-state index contributed by atoms with van der Waals surface area (Å²) in [5.41, 5.74) is 2.42. The van der Waals surface area contributed by atoms with E-state index < -0.39 is 0 Å². The Bertz CT molecular complexity index is 354. The third kappa shape index (κ3) is 3.43. The Morgan fingerprint density at radius 3 is 3.00 bits per heavy atom. The Labute approximate surface area is 109 Å². The highest BCUT2D eigenvalue weighted by Gasteiger charge is 2.23. The maximum Gasteiger partial charge on any atom is 0.0570 e. The maximum atomic E-state index is 6.03. The minimum Gasteiger partial charge on any atom is -0.308 e. The molecule has 0 aromatic carbocycles. The topological polar surface area (TPSA) is 24.9 Å².